The molecule has 0 spiro atoms. The molecule has 2 rings (SSSR count). The number of rotatable bonds is 2. The average Bonchev–Trinajstić information content (AvgIpc) is 2.37. The van der Waals surface area contributed by atoms with Crippen LogP contribution in [0.5, 0.6) is 0 Å². The third-order valence-electron chi connectivity index (χ3n) is 4.42. The molecule has 110 valence electrons. The largest absolute Gasteiger partial charge is 0.398 e. The maximum absolute atomic E-state index is 13.0. The Hall–Kier alpha value is -1.58. The molecule has 1 amide bonds. The van der Waals surface area contributed by atoms with E-state index in [2.05, 4.69) is 13.8 Å². The molecule has 1 aliphatic rings. The summed E-state index contributed by atoms with van der Waals surface area (Å²) in [6, 6.07) is 4.20. The highest BCUT2D eigenvalue weighted by molar-refractivity contribution is 5.99. The van der Waals surface area contributed by atoms with Crippen LogP contribution in [-0.4, -0.2) is 23.9 Å². The predicted octanol–water partition coefficient (Wildman–Crippen LogP) is 3.45. The molecule has 2 N–H and O–H groups in total. The van der Waals surface area contributed by atoms with E-state index in [1.54, 1.807) is 4.90 Å². The van der Waals surface area contributed by atoms with E-state index >= 15 is 0 Å². The lowest BCUT2D eigenvalue weighted by atomic mass is 9.75. The Kier molecular flexibility index (Phi) is 4.02. The summed E-state index contributed by atoms with van der Waals surface area (Å²) in [5.74, 6) is -0.534. The van der Waals surface area contributed by atoms with Gasteiger partial charge in [-0.2, -0.15) is 0 Å². The fraction of sp³-hybridized carbons (Fsp3) is 0.562. The Labute approximate surface area is 120 Å². The van der Waals surface area contributed by atoms with Gasteiger partial charge < -0.3 is 10.6 Å². The molecule has 0 aliphatic heterocycles. The van der Waals surface area contributed by atoms with Crippen LogP contribution in [0.4, 0.5) is 10.1 Å². The molecule has 1 aromatic carbocycles. The smallest absolute Gasteiger partial charge is 0.255 e. The fourth-order valence-corrected chi connectivity index (χ4v) is 2.86. The molecule has 0 atom stereocenters. The van der Waals surface area contributed by atoms with Crippen LogP contribution < -0.4 is 5.73 Å². The van der Waals surface area contributed by atoms with Crippen molar-refractivity contribution >= 4 is 11.6 Å². The van der Waals surface area contributed by atoms with Crippen molar-refractivity contribution in [3.63, 3.8) is 0 Å². The molecule has 4 heteroatoms. The second-order valence-electron chi connectivity index (χ2n) is 6.54. The zero-order valence-corrected chi connectivity index (χ0v) is 12.4. The second-order valence-corrected chi connectivity index (χ2v) is 6.54. The Bertz CT molecular complexity index is 503. The summed E-state index contributed by atoms with van der Waals surface area (Å²) < 4.78 is 13.0. The number of carbonyl (C=O) groups excluding carboxylic acids is 1. The van der Waals surface area contributed by atoms with Gasteiger partial charge in [0.1, 0.15) is 5.82 Å². The first-order valence-corrected chi connectivity index (χ1v) is 7.12. The molecular formula is C16H23FN2O. The van der Waals surface area contributed by atoms with Crippen LogP contribution in [0, 0.1) is 11.2 Å². The summed E-state index contributed by atoms with van der Waals surface area (Å²) in [5, 5.41) is 0. The van der Waals surface area contributed by atoms with Crippen LogP contribution in [0.15, 0.2) is 18.2 Å². The van der Waals surface area contributed by atoms with Gasteiger partial charge in [-0.15, -0.1) is 0 Å². The van der Waals surface area contributed by atoms with Gasteiger partial charge in [0.05, 0.1) is 5.56 Å². The summed E-state index contributed by atoms with van der Waals surface area (Å²) in [5.41, 5.74) is 6.71. The normalized spacial score (nSPS) is 18.8. The molecular weight excluding hydrogens is 255 g/mol. The Morgan fingerprint density at radius 2 is 1.95 bits per heavy atom. The zero-order chi connectivity index (χ0) is 14.9. The third-order valence-corrected chi connectivity index (χ3v) is 4.42. The Balaban J connectivity index is 2.09. The summed E-state index contributed by atoms with van der Waals surface area (Å²) in [7, 11) is 1.81. The van der Waals surface area contributed by atoms with Crippen molar-refractivity contribution in [1.82, 2.24) is 4.90 Å². The van der Waals surface area contributed by atoms with E-state index in [0.717, 1.165) is 25.7 Å². The number of hydrogen-bond acceptors (Lipinski definition) is 2. The minimum Gasteiger partial charge on any atom is -0.398 e. The first-order valence-electron chi connectivity index (χ1n) is 7.12. The first-order chi connectivity index (χ1) is 9.30. The van der Waals surface area contributed by atoms with E-state index in [1.165, 1.54) is 18.2 Å². The van der Waals surface area contributed by atoms with Crippen molar-refractivity contribution in [2.24, 2.45) is 5.41 Å². The number of nitrogens with zero attached hydrogens (tertiary/aromatic N) is 1. The number of carbonyl (C=O) groups is 1. The van der Waals surface area contributed by atoms with E-state index in [4.69, 9.17) is 5.73 Å². The molecule has 1 fully saturated rings. The molecule has 1 aromatic rings. The highest BCUT2D eigenvalue weighted by Crippen LogP contribution is 2.37. The number of nitrogen functional groups attached to an aromatic ring is 1. The van der Waals surface area contributed by atoms with Crippen LogP contribution in [0.2, 0.25) is 0 Å². The van der Waals surface area contributed by atoms with Crippen LogP contribution in [0.25, 0.3) is 0 Å². The van der Waals surface area contributed by atoms with E-state index in [0.29, 0.717) is 11.0 Å². The van der Waals surface area contributed by atoms with E-state index < -0.39 is 5.82 Å². The SMILES string of the molecule is CN(C(=O)c1ccc(F)cc1N)C1CCC(C)(C)CC1. The standard InChI is InChI=1S/C16H23FN2O/c1-16(2)8-6-12(7-9-16)19(3)15(20)13-5-4-11(17)10-14(13)18/h4-5,10,12H,6-9,18H2,1-3H3. The van der Waals surface area contributed by atoms with Crippen molar-refractivity contribution in [3.8, 4) is 0 Å². The maximum Gasteiger partial charge on any atom is 0.255 e. The average molecular weight is 278 g/mol. The molecule has 0 radical (unpaired) electrons. The molecule has 1 aliphatic carbocycles. The maximum atomic E-state index is 13.0. The van der Waals surface area contributed by atoms with E-state index in [-0.39, 0.29) is 17.6 Å². The lowest BCUT2D eigenvalue weighted by Crippen LogP contribution is -2.41. The monoisotopic (exact) mass is 278 g/mol. The minimum absolute atomic E-state index is 0.118. The van der Waals surface area contributed by atoms with Crippen LogP contribution in [0.1, 0.15) is 49.9 Å². The summed E-state index contributed by atoms with van der Waals surface area (Å²) >= 11 is 0. The van der Waals surface area contributed by atoms with Crippen LogP contribution in [0.3, 0.4) is 0 Å². The topological polar surface area (TPSA) is 46.3 Å². The van der Waals surface area contributed by atoms with Crippen molar-refractivity contribution in [2.75, 3.05) is 12.8 Å². The Morgan fingerprint density at radius 3 is 2.50 bits per heavy atom. The second kappa shape index (κ2) is 5.43. The number of benzene rings is 1. The van der Waals surface area contributed by atoms with Crippen molar-refractivity contribution < 1.29 is 9.18 Å². The van der Waals surface area contributed by atoms with Crippen LogP contribution in [-0.2, 0) is 0 Å². The third kappa shape index (κ3) is 3.11. The summed E-state index contributed by atoms with van der Waals surface area (Å²) in [6.07, 6.45) is 4.26. The number of halogens is 1. The summed E-state index contributed by atoms with van der Waals surface area (Å²) in [6.45, 7) is 4.53. The van der Waals surface area contributed by atoms with Crippen molar-refractivity contribution in [2.45, 2.75) is 45.6 Å². The first kappa shape index (κ1) is 14.8. The molecule has 0 aromatic heterocycles. The van der Waals surface area contributed by atoms with Gasteiger partial charge in [0.15, 0.2) is 0 Å². The van der Waals surface area contributed by atoms with Crippen LogP contribution >= 0.6 is 0 Å². The molecule has 0 unspecified atom stereocenters. The van der Waals surface area contributed by atoms with Crippen molar-refractivity contribution in [1.29, 1.82) is 0 Å². The van der Waals surface area contributed by atoms with Gasteiger partial charge >= 0.3 is 0 Å². The minimum atomic E-state index is -0.416. The van der Waals surface area contributed by atoms with Gasteiger partial charge in [-0.25, -0.2) is 4.39 Å². The number of anilines is 1. The van der Waals surface area contributed by atoms with Gasteiger partial charge in [0, 0.05) is 18.8 Å². The van der Waals surface area contributed by atoms with Gasteiger partial charge in [-0.3, -0.25) is 4.79 Å². The van der Waals surface area contributed by atoms with E-state index in [9.17, 15) is 9.18 Å². The number of hydrogen-bond donors (Lipinski definition) is 1. The molecule has 0 saturated heterocycles. The fourth-order valence-electron chi connectivity index (χ4n) is 2.86. The summed E-state index contributed by atoms with van der Waals surface area (Å²) in [4.78, 5) is 14.2. The van der Waals surface area contributed by atoms with Crippen molar-refractivity contribution in [3.05, 3.63) is 29.6 Å². The number of nitrogens with two attached hydrogens (primary N) is 1. The van der Waals surface area contributed by atoms with Gasteiger partial charge in [0.25, 0.3) is 5.91 Å². The highest BCUT2D eigenvalue weighted by Gasteiger charge is 2.31. The molecule has 0 heterocycles. The molecule has 0 bridgehead atoms. The van der Waals surface area contributed by atoms with E-state index in [1.807, 2.05) is 7.05 Å². The molecule has 20 heavy (non-hydrogen) atoms. The molecule has 3 nitrogen and oxygen atoms in total. The number of amides is 1. The highest BCUT2D eigenvalue weighted by atomic mass is 19.1. The molecule has 1 saturated carbocycles. The van der Waals surface area contributed by atoms with Gasteiger partial charge in [-0.05, 0) is 49.3 Å². The van der Waals surface area contributed by atoms with Gasteiger partial charge in [-0.1, -0.05) is 13.8 Å². The lowest BCUT2D eigenvalue weighted by molar-refractivity contribution is 0.0636. The zero-order valence-electron chi connectivity index (χ0n) is 12.4. The predicted molar refractivity (Wildman–Crippen MR) is 78.9 cm³/mol. The Morgan fingerprint density at radius 1 is 1.35 bits per heavy atom. The lowest BCUT2D eigenvalue weighted by Gasteiger charge is -2.38. The quantitative estimate of drug-likeness (QED) is 0.842. The van der Waals surface area contributed by atoms with Gasteiger partial charge in [0.2, 0.25) is 0 Å².